The van der Waals surface area contributed by atoms with Gasteiger partial charge >= 0.3 is 5.97 Å². The molecule has 1 N–H and O–H groups in total. The van der Waals surface area contributed by atoms with Crippen molar-refractivity contribution in [3.05, 3.63) is 28.7 Å². The fourth-order valence-corrected chi connectivity index (χ4v) is 1.98. The molecule has 1 rings (SSSR count). The predicted octanol–water partition coefficient (Wildman–Crippen LogP) is 2.27. The number of esters is 1. The molecule has 0 bridgehead atoms. The van der Waals surface area contributed by atoms with Gasteiger partial charge in [0.1, 0.15) is 0 Å². The molecule has 0 aliphatic rings. The molecule has 0 aliphatic heterocycles. The number of halogens is 1. The summed E-state index contributed by atoms with van der Waals surface area (Å²) >= 11 is 3.34. The topological polar surface area (TPSA) is 58.6 Å². The average molecular weight is 343 g/mol. The van der Waals surface area contributed by atoms with Gasteiger partial charge in [-0.1, -0.05) is 22.9 Å². The maximum absolute atomic E-state index is 11.9. The zero-order valence-electron chi connectivity index (χ0n) is 11.7. The molecular formula is C14H19BrN2O3. The lowest BCUT2D eigenvalue weighted by atomic mass is 10.3. The van der Waals surface area contributed by atoms with Crippen LogP contribution >= 0.6 is 15.9 Å². The lowest BCUT2D eigenvalue weighted by Gasteiger charge is -2.19. The van der Waals surface area contributed by atoms with Crippen LogP contribution in [-0.4, -0.2) is 43.5 Å². The molecule has 0 atom stereocenters. The first-order valence-corrected chi connectivity index (χ1v) is 7.19. The third kappa shape index (κ3) is 6.16. The van der Waals surface area contributed by atoms with Gasteiger partial charge in [0.2, 0.25) is 5.91 Å². The number of anilines is 1. The molecular weight excluding hydrogens is 324 g/mol. The van der Waals surface area contributed by atoms with Crippen molar-refractivity contribution in [1.29, 1.82) is 0 Å². The summed E-state index contributed by atoms with van der Waals surface area (Å²) in [5.74, 6) is -0.487. The minimum Gasteiger partial charge on any atom is -0.468 e. The average Bonchev–Trinajstić information content (AvgIpc) is 2.41. The molecule has 0 aliphatic carbocycles. The van der Waals surface area contributed by atoms with Crippen molar-refractivity contribution < 1.29 is 14.3 Å². The van der Waals surface area contributed by atoms with E-state index < -0.39 is 0 Å². The number of hydrogen-bond acceptors (Lipinski definition) is 4. The number of amides is 1. The Bertz CT molecular complexity index is 448. The number of benzene rings is 1. The van der Waals surface area contributed by atoms with Gasteiger partial charge in [0.05, 0.1) is 20.2 Å². The van der Waals surface area contributed by atoms with Crippen LogP contribution in [-0.2, 0) is 14.3 Å². The Morgan fingerprint density at radius 3 is 2.45 bits per heavy atom. The first-order valence-electron chi connectivity index (χ1n) is 6.39. The van der Waals surface area contributed by atoms with E-state index in [0.717, 1.165) is 16.6 Å². The number of rotatable bonds is 7. The number of carbonyl (C=O) groups is 2. The lowest BCUT2D eigenvalue weighted by Crippen LogP contribution is -2.37. The Morgan fingerprint density at radius 1 is 1.25 bits per heavy atom. The molecule has 1 aromatic rings. The number of hydrogen-bond donors (Lipinski definition) is 1. The Kier molecular flexibility index (Phi) is 7.25. The summed E-state index contributed by atoms with van der Waals surface area (Å²) in [6.07, 6.45) is 0.864. The second-order valence-electron chi connectivity index (χ2n) is 4.34. The van der Waals surface area contributed by atoms with Crippen LogP contribution in [0.1, 0.15) is 13.3 Å². The first-order chi connectivity index (χ1) is 9.55. The number of methoxy groups -OCH3 is 1. The fraction of sp³-hybridized carbons (Fsp3) is 0.429. The normalized spacial score (nSPS) is 10.4. The van der Waals surface area contributed by atoms with E-state index in [1.165, 1.54) is 7.11 Å². The van der Waals surface area contributed by atoms with Gasteiger partial charge in [0.15, 0.2) is 0 Å². The molecule has 0 saturated heterocycles. The Balaban J connectivity index is 2.52. The van der Waals surface area contributed by atoms with E-state index in [4.69, 9.17) is 0 Å². The molecule has 0 unspecified atom stereocenters. The van der Waals surface area contributed by atoms with Crippen molar-refractivity contribution in [2.45, 2.75) is 13.3 Å². The van der Waals surface area contributed by atoms with Crippen LogP contribution in [0.3, 0.4) is 0 Å². The van der Waals surface area contributed by atoms with Gasteiger partial charge in [0.25, 0.3) is 0 Å². The maximum Gasteiger partial charge on any atom is 0.319 e. The number of nitrogens with zero attached hydrogens (tertiary/aromatic N) is 1. The molecule has 0 spiro atoms. The van der Waals surface area contributed by atoms with Crippen molar-refractivity contribution >= 4 is 33.5 Å². The number of nitrogens with one attached hydrogen (secondary N) is 1. The highest BCUT2D eigenvalue weighted by Gasteiger charge is 2.14. The van der Waals surface area contributed by atoms with Crippen LogP contribution < -0.4 is 5.32 Å². The summed E-state index contributed by atoms with van der Waals surface area (Å²) in [6, 6.07) is 7.33. The Labute approximate surface area is 127 Å². The van der Waals surface area contributed by atoms with Crippen molar-refractivity contribution in [3.63, 3.8) is 0 Å². The minimum atomic E-state index is -0.338. The largest absolute Gasteiger partial charge is 0.468 e. The summed E-state index contributed by atoms with van der Waals surface area (Å²) in [6.45, 7) is 2.96. The van der Waals surface area contributed by atoms with E-state index in [1.54, 1.807) is 4.90 Å². The Hall–Kier alpha value is -1.40. The molecule has 6 heteroatoms. The van der Waals surface area contributed by atoms with E-state index in [0.29, 0.717) is 6.54 Å². The van der Waals surface area contributed by atoms with Gasteiger partial charge in [0, 0.05) is 10.2 Å². The summed E-state index contributed by atoms with van der Waals surface area (Å²) < 4.78 is 5.58. The molecule has 0 saturated carbocycles. The molecule has 1 aromatic carbocycles. The number of carbonyl (C=O) groups excluding carboxylic acids is 2. The predicted molar refractivity (Wildman–Crippen MR) is 81.5 cm³/mol. The molecule has 0 fully saturated rings. The molecule has 1 amide bonds. The van der Waals surface area contributed by atoms with Crippen LogP contribution in [0.25, 0.3) is 0 Å². The SMILES string of the molecule is CCCN(CC(=O)Nc1ccc(Br)cc1)CC(=O)OC. The van der Waals surface area contributed by atoms with Gasteiger partial charge in [-0.3, -0.25) is 14.5 Å². The van der Waals surface area contributed by atoms with E-state index in [-0.39, 0.29) is 25.0 Å². The van der Waals surface area contributed by atoms with Gasteiger partial charge in [-0.25, -0.2) is 0 Å². The second kappa shape index (κ2) is 8.71. The number of ether oxygens (including phenoxy) is 1. The summed E-state index contributed by atoms with van der Waals surface area (Å²) in [7, 11) is 1.34. The molecule has 20 heavy (non-hydrogen) atoms. The highest BCUT2D eigenvalue weighted by atomic mass is 79.9. The van der Waals surface area contributed by atoms with Gasteiger partial charge in [-0.15, -0.1) is 0 Å². The maximum atomic E-state index is 11.9. The van der Waals surface area contributed by atoms with Crippen molar-refractivity contribution in [1.82, 2.24) is 4.90 Å². The van der Waals surface area contributed by atoms with Gasteiger partial charge in [-0.05, 0) is 37.2 Å². The van der Waals surface area contributed by atoms with Gasteiger partial charge < -0.3 is 10.1 Å². The van der Waals surface area contributed by atoms with E-state index in [2.05, 4.69) is 26.0 Å². The van der Waals surface area contributed by atoms with E-state index in [9.17, 15) is 9.59 Å². The van der Waals surface area contributed by atoms with E-state index in [1.807, 2.05) is 31.2 Å². The second-order valence-corrected chi connectivity index (χ2v) is 5.26. The smallest absolute Gasteiger partial charge is 0.319 e. The highest BCUT2D eigenvalue weighted by Crippen LogP contribution is 2.14. The van der Waals surface area contributed by atoms with Crippen LogP contribution in [0.15, 0.2) is 28.7 Å². The van der Waals surface area contributed by atoms with Crippen LogP contribution in [0, 0.1) is 0 Å². The molecule has 110 valence electrons. The summed E-state index contributed by atoms with van der Waals surface area (Å²) in [5.41, 5.74) is 0.729. The lowest BCUT2D eigenvalue weighted by molar-refractivity contribution is -0.142. The summed E-state index contributed by atoms with van der Waals surface area (Å²) in [4.78, 5) is 25.0. The minimum absolute atomic E-state index is 0.123. The van der Waals surface area contributed by atoms with Crippen LogP contribution in [0.4, 0.5) is 5.69 Å². The zero-order chi connectivity index (χ0) is 15.0. The monoisotopic (exact) mass is 342 g/mol. The quantitative estimate of drug-likeness (QED) is 0.772. The van der Waals surface area contributed by atoms with Gasteiger partial charge in [-0.2, -0.15) is 0 Å². The zero-order valence-corrected chi connectivity index (χ0v) is 13.3. The van der Waals surface area contributed by atoms with Crippen molar-refractivity contribution in [3.8, 4) is 0 Å². The van der Waals surface area contributed by atoms with Crippen molar-refractivity contribution in [2.75, 3.05) is 32.1 Å². The van der Waals surface area contributed by atoms with E-state index >= 15 is 0 Å². The highest BCUT2D eigenvalue weighted by molar-refractivity contribution is 9.10. The van der Waals surface area contributed by atoms with Crippen LogP contribution in [0.5, 0.6) is 0 Å². The third-order valence-electron chi connectivity index (χ3n) is 2.62. The Morgan fingerprint density at radius 2 is 1.90 bits per heavy atom. The van der Waals surface area contributed by atoms with Crippen LogP contribution in [0.2, 0.25) is 0 Å². The molecule has 5 nitrogen and oxygen atoms in total. The molecule has 0 radical (unpaired) electrons. The summed E-state index contributed by atoms with van der Waals surface area (Å²) in [5, 5.41) is 2.80. The first kappa shape index (κ1) is 16.7. The molecule has 0 aromatic heterocycles. The standard InChI is InChI=1S/C14H19BrN2O3/c1-3-8-17(10-14(19)20-2)9-13(18)16-12-6-4-11(15)5-7-12/h4-7H,3,8-10H2,1-2H3,(H,16,18). The third-order valence-corrected chi connectivity index (χ3v) is 3.14. The van der Waals surface area contributed by atoms with Crippen molar-refractivity contribution in [2.24, 2.45) is 0 Å². The fourth-order valence-electron chi connectivity index (χ4n) is 1.71. The molecule has 0 heterocycles.